The zero-order valence-electron chi connectivity index (χ0n) is 41.9. The van der Waals surface area contributed by atoms with Gasteiger partial charge in [0.25, 0.3) is 0 Å². The average Bonchev–Trinajstić information content (AvgIpc) is 4.45. The Labute approximate surface area is 455 Å². The van der Waals surface area contributed by atoms with Gasteiger partial charge in [-0.15, -0.1) is 22.7 Å². The molecule has 0 atom stereocenters. The highest BCUT2D eigenvalue weighted by molar-refractivity contribution is 7.26. The van der Waals surface area contributed by atoms with Crippen molar-refractivity contribution < 1.29 is 0 Å². The van der Waals surface area contributed by atoms with Crippen LogP contribution in [-0.4, -0.2) is 8.80 Å². The Bertz CT molecular complexity index is 5450. The van der Waals surface area contributed by atoms with Crippen LogP contribution in [0.15, 0.2) is 255 Å². The van der Waals surface area contributed by atoms with Crippen LogP contribution in [0.3, 0.4) is 0 Å². The lowest BCUT2D eigenvalue weighted by Crippen LogP contribution is -2.10. The summed E-state index contributed by atoms with van der Waals surface area (Å²) in [7, 11) is 0. The number of anilines is 6. The Morgan fingerprint density at radius 2 is 0.628 bits per heavy atom. The van der Waals surface area contributed by atoms with E-state index in [1.54, 1.807) is 0 Å². The fourth-order valence-corrected chi connectivity index (χ4v) is 15.8. The van der Waals surface area contributed by atoms with Crippen LogP contribution in [0.2, 0.25) is 0 Å². The van der Waals surface area contributed by atoms with Crippen LogP contribution in [-0.2, 0) is 0 Å². The molecule has 0 saturated carbocycles. The smallest absolute Gasteiger partial charge is 0.0640 e. The number of nitrogens with zero attached hydrogens (tertiary/aromatic N) is 4. The highest BCUT2D eigenvalue weighted by atomic mass is 32.1. The Kier molecular flexibility index (Phi) is 8.67. The molecule has 6 heterocycles. The maximum Gasteiger partial charge on any atom is 0.0640 e. The number of hydrogen-bond donors (Lipinski definition) is 0. The molecule has 362 valence electrons. The first-order chi connectivity index (χ1) is 38.7. The molecule has 18 aromatic rings. The summed E-state index contributed by atoms with van der Waals surface area (Å²) in [5.74, 6) is 0. The Morgan fingerprint density at radius 1 is 0.244 bits per heavy atom. The standard InChI is InChI=1S/C72H42N4S2/c1-3-15-45(16-4-1)73(61-27-13-25-57-51-19-7-9-29-67(51)77-71(57)61)47-34-31-43(32-35-47)44-33-37-49-53-21-11-23-55-59-42-66-60(41-65(59)75(69(53)55)63(49)39-44)56-24-12-22-54-50-38-36-48(40-64(50)76(66)70(54)56)74(46-17-5-2-6-18-46)62-28-14-26-58-52-20-8-10-30-68(52)78-72(58)62/h1-42H. The lowest BCUT2D eigenvalue weighted by atomic mass is 10.0. The van der Waals surface area contributed by atoms with Crippen LogP contribution in [0.25, 0.3) is 128 Å². The van der Waals surface area contributed by atoms with Gasteiger partial charge in [0.1, 0.15) is 0 Å². The lowest BCUT2D eigenvalue weighted by molar-refractivity contribution is 1.30. The molecule has 0 aliphatic rings. The van der Waals surface area contributed by atoms with Gasteiger partial charge in [0.05, 0.1) is 53.9 Å². The molecule has 0 unspecified atom stereocenters. The zero-order valence-corrected chi connectivity index (χ0v) is 43.5. The van der Waals surface area contributed by atoms with Crippen LogP contribution in [0.1, 0.15) is 0 Å². The van der Waals surface area contributed by atoms with Crippen molar-refractivity contribution in [2.24, 2.45) is 0 Å². The lowest BCUT2D eigenvalue weighted by Gasteiger charge is -2.26. The van der Waals surface area contributed by atoms with Crippen molar-refractivity contribution in [1.82, 2.24) is 8.80 Å². The number of thiophene rings is 2. The van der Waals surface area contributed by atoms with Gasteiger partial charge in [0, 0.05) is 96.8 Å². The van der Waals surface area contributed by atoms with Gasteiger partial charge >= 0.3 is 0 Å². The molecule has 4 nitrogen and oxygen atoms in total. The molecule has 0 radical (unpaired) electrons. The predicted octanol–water partition coefficient (Wildman–Crippen LogP) is 21.3. The molecule has 0 spiro atoms. The first-order valence-electron chi connectivity index (χ1n) is 26.7. The third-order valence-electron chi connectivity index (χ3n) is 16.7. The van der Waals surface area contributed by atoms with E-state index >= 15 is 0 Å². The minimum atomic E-state index is 1.12. The molecule has 0 aliphatic carbocycles. The molecule has 0 amide bonds. The summed E-state index contributed by atoms with van der Waals surface area (Å²) < 4.78 is 10.3. The average molecular weight is 1030 g/mol. The molecule has 0 saturated heterocycles. The molecule has 78 heavy (non-hydrogen) atoms. The second-order valence-corrected chi connectivity index (χ2v) is 22.9. The van der Waals surface area contributed by atoms with Crippen molar-refractivity contribution in [3.63, 3.8) is 0 Å². The highest BCUT2D eigenvalue weighted by Gasteiger charge is 2.25. The maximum atomic E-state index is 2.55. The minimum Gasteiger partial charge on any atom is -0.309 e. The monoisotopic (exact) mass is 1030 g/mol. The third-order valence-corrected chi connectivity index (χ3v) is 19.1. The van der Waals surface area contributed by atoms with E-state index in [4.69, 9.17) is 0 Å². The SMILES string of the molecule is c1ccc(N(c2ccc(-c3ccc4c5cccc6c7cc8c(cc7n(c4c3)c56)c3cccc4c5ccc(N(c6ccccc6)c6cccc7c6sc6ccccc67)cc5n8c43)cc2)c2cccc3c2sc2ccccc23)cc1. The van der Waals surface area contributed by atoms with Gasteiger partial charge in [0.2, 0.25) is 0 Å². The normalized spacial score (nSPS) is 12.4. The first-order valence-corrected chi connectivity index (χ1v) is 28.3. The largest absolute Gasteiger partial charge is 0.309 e. The summed E-state index contributed by atoms with van der Waals surface area (Å²) in [5, 5.41) is 15.3. The van der Waals surface area contributed by atoms with E-state index in [-0.39, 0.29) is 0 Å². The van der Waals surface area contributed by atoms with Gasteiger partial charge < -0.3 is 18.6 Å². The van der Waals surface area contributed by atoms with E-state index < -0.39 is 0 Å². The topological polar surface area (TPSA) is 15.3 Å². The quantitative estimate of drug-likeness (QED) is 0.158. The second kappa shape index (κ2) is 15.9. The van der Waals surface area contributed by atoms with E-state index in [1.807, 2.05) is 22.7 Å². The molecule has 0 aliphatic heterocycles. The van der Waals surface area contributed by atoms with Crippen molar-refractivity contribution in [3.05, 3.63) is 255 Å². The van der Waals surface area contributed by atoms with E-state index in [2.05, 4.69) is 273 Å². The first kappa shape index (κ1) is 42.5. The fourth-order valence-electron chi connectivity index (χ4n) is 13.4. The van der Waals surface area contributed by atoms with Crippen molar-refractivity contribution in [1.29, 1.82) is 0 Å². The molecule has 0 bridgehead atoms. The fraction of sp³-hybridized carbons (Fsp3) is 0. The Hall–Kier alpha value is -9.72. The molecule has 6 heteroatoms. The summed E-state index contributed by atoms with van der Waals surface area (Å²) in [5.41, 5.74) is 16.7. The number of para-hydroxylation sites is 4. The van der Waals surface area contributed by atoms with Gasteiger partial charge in [-0.1, -0.05) is 164 Å². The molecule has 0 fully saturated rings. The molecule has 6 aromatic heterocycles. The van der Waals surface area contributed by atoms with Crippen LogP contribution < -0.4 is 9.80 Å². The van der Waals surface area contributed by atoms with Gasteiger partial charge in [-0.05, 0) is 102 Å². The van der Waals surface area contributed by atoms with Crippen LogP contribution in [0, 0.1) is 0 Å². The summed E-state index contributed by atoms with van der Waals surface area (Å²) in [4.78, 5) is 4.87. The van der Waals surface area contributed by atoms with E-state index in [1.165, 1.54) is 139 Å². The van der Waals surface area contributed by atoms with Crippen molar-refractivity contribution >= 4 is 173 Å². The predicted molar refractivity (Wildman–Crippen MR) is 336 cm³/mol. The number of hydrogen-bond acceptors (Lipinski definition) is 4. The highest BCUT2D eigenvalue weighted by Crippen LogP contribution is 2.50. The van der Waals surface area contributed by atoms with Crippen molar-refractivity contribution in [3.8, 4) is 11.1 Å². The Balaban J connectivity index is 0.802. The molecule has 18 rings (SSSR count). The number of aromatic nitrogens is 2. The summed E-state index contributed by atoms with van der Waals surface area (Å²) in [6.45, 7) is 0. The van der Waals surface area contributed by atoms with E-state index in [0.29, 0.717) is 0 Å². The molecular formula is C72H42N4S2. The summed E-state index contributed by atoms with van der Waals surface area (Å²) >= 11 is 3.74. The van der Waals surface area contributed by atoms with Crippen LogP contribution in [0.4, 0.5) is 34.1 Å². The van der Waals surface area contributed by atoms with Gasteiger partial charge in [-0.25, -0.2) is 0 Å². The third kappa shape index (κ3) is 5.82. The molecule has 0 N–H and O–H groups in total. The van der Waals surface area contributed by atoms with Crippen molar-refractivity contribution in [2.45, 2.75) is 0 Å². The van der Waals surface area contributed by atoms with Crippen molar-refractivity contribution in [2.75, 3.05) is 9.80 Å². The van der Waals surface area contributed by atoms with Crippen LogP contribution in [0.5, 0.6) is 0 Å². The maximum absolute atomic E-state index is 2.55. The van der Waals surface area contributed by atoms with Gasteiger partial charge in [-0.3, -0.25) is 0 Å². The van der Waals surface area contributed by atoms with E-state index in [9.17, 15) is 0 Å². The molecule has 12 aromatic carbocycles. The number of fused-ring (bicyclic) bond motifs is 18. The number of rotatable bonds is 7. The van der Waals surface area contributed by atoms with E-state index in [0.717, 1.165) is 22.7 Å². The van der Waals surface area contributed by atoms with Gasteiger partial charge in [-0.2, -0.15) is 0 Å². The minimum absolute atomic E-state index is 1.12. The second-order valence-electron chi connectivity index (χ2n) is 20.8. The number of benzene rings is 12. The Morgan fingerprint density at radius 3 is 1.18 bits per heavy atom. The molecular weight excluding hydrogens is 985 g/mol. The van der Waals surface area contributed by atoms with Crippen LogP contribution >= 0.6 is 22.7 Å². The summed E-state index contributed by atoms with van der Waals surface area (Å²) in [6.07, 6.45) is 0. The van der Waals surface area contributed by atoms with Gasteiger partial charge in [0.15, 0.2) is 0 Å². The zero-order chi connectivity index (χ0) is 50.7. The summed E-state index contributed by atoms with van der Waals surface area (Å²) in [6, 6.07) is 94.7.